The van der Waals surface area contributed by atoms with Crippen molar-refractivity contribution in [3.63, 3.8) is 0 Å². The fourth-order valence-electron chi connectivity index (χ4n) is 3.58. The normalized spacial score (nSPS) is 14.6. The summed E-state index contributed by atoms with van der Waals surface area (Å²) >= 11 is 0. The van der Waals surface area contributed by atoms with Gasteiger partial charge in [0.05, 0.1) is 28.9 Å². The molecule has 4 heterocycles. The van der Waals surface area contributed by atoms with Gasteiger partial charge in [0.15, 0.2) is 5.82 Å². The highest BCUT2D eigenvalue weighted by Crippen LogP contribution is 2.32. The maximum Gasteiger partial charge on any atom is 0.333 e. The van der Waals surface area contributed by atoms with E-state index in [9.17, 15) is 17.2 Å². The molecule has 11 nitrogen and oxygen atoms in total. The average Bonchev–Trinajstić information content (AvgIpc) is 3.42. The average molecular weight is 530 g/mol. The number of halogens is 2. The van der Waals surface area contributed by atoms with E-state index in [0.29, 0.717) is 57.5 Å². The molecule has 0 amide bonds. The van der Waals surface area contributed by atoms with Gasteiger partial charge in [-0.25, -0.2) is 28.1 Å². The van der Waals surface area contributed by atoms with Crippen LogP contribution in [-0.2, 0) is 10.0 Å². The number of pyridine rings is 1. The van der Waals surface area contributed by atoms with Gasteiger partial charge in [-0.15, -0.1) is 0 Å². The Hall–Kier alpha value is -3.94. The quantitative estimate of drug-likeness (QED) is 0.309. The summed E-state index contributed by atoms with van der Waals surface area (Å²) < 4.78 is 52.5. The van der Waals surface area contributed by atoms with Crippen LogP contribution in [0.2, 0.25) is 0 Å². The van der Waals surface area contributed by atoms with E-state index < -0.39 is 16.6 Å². The SMILES string of the molecule is CCC(C)Nc1cc(Nc2ccnc(-c3cnn(S(=O)(=O)C4CC4)c3)n2)ncc1-c1ccn(C(F)F)n1. The van der Waals surface area contributed by atoms with Gasteiger partial charge in [-0.2, -0.15) is 23.1 Å². The second-order valence-electron chi connectivity index (χ2n) is 8.76. The van der Waals surface area contributed by atoms with Crippen LogP contribution < -0.4 is 10.6 Å². The topological polar surface area (TPSA) is 133 Å². The van der Waals surface area contributed by atoms with Crippen LogP contribution >= 0.6 is 0 Å². The maximum atomic E-state index is 13.0. The first kappa shape index (κ1) is 24.7. The van der Waals surface area contributed by atoms with E-state index in [2.05, 4.69) is 35.8 Å². The van der Waals surface area contributed by atoms with Gasteiger partial charge in [-0.3, -0.25) is 0 Å². The number of nitrogens with one attached hydrogen (secondary N) is 2. The third kappa shape index (κ3) is 5.28. The standard InChI is InChI=1S/C23H25F2N9O2S/c1-3-14(2)29-19-10-21(27-12-17(19)18-7-9-33(32-18)23(24)25)30-20-6-8-26-22(31-20)15-11-28-34(13-15)37(35,36)16-4-5-16/h6-14,16,23H,3-5H2,1-2H3,(H2,26,27,29,30,31). The van der Waals surface area contributed by atoms with Crippen LogP contribution in [0, 0.1) is 0 Å². The number of aromatic nitrogens is 7. The van der Waals surface area contributed by atoms with Crippen molar-refractivity contribution in [1.29, 1.82) is 0 Å². The van der Waals surface area contributed by atoms with Gasteiger partial charge in [0, 0.05) is 41.9 Å². The zero-order chi connectivity index (χ0) is 26.2. The van der Waals surface area contributed by atoms with E-state index in [1.807, 2.05) is 13.8 Å². The van der Waals surface area contributed by atoms with E-state index >= 15 is 0 Å². The van der Waals surface area contributed by atoms with E-state index in [0.717, 1.165) is 10.5 Å². The number of rotatable bonds is 10. The van der Waals surface area contributed by atoms with Crippen LogP contribution in [-0.4, -0.2) is 53.6 Å². The zero-order valence-electron chi connectivity index (χ0n) is 20.1. The molecule has 1 fully saturated rings. The first-order valence-electron chi connectivity index (χ1n) is 11.7. The van der Waals surface area contributed by atoms with Crippen LogP contribution in [0.4, 0.5) is 26.1 Å². The van der Waals surface area contributed by atoms with Crippen molar-refractivity contribution >= 4 is 27.3 Å². The molecule has 0 aromatic carbocycles. The van der Waals surface area contributed by atoms with E-state index in [-0.39, 0.29) is 11.3 Å². The summed E-state index contributed by atoms with van der Waals surface area (Å²) in [6.45, 7) is 1.31. The lowest BCUT2D eigenvalue weighted by Crippen LogP contribution is -2.17. The van der Waals surface area contributed by atoms with Gasteiger partial charge in [-0.05, 0) is 38.3 Å². The van der Waals surface area contributed by atoms with Crippen molar-refractivity contribution < 1.29 is 17.2 Å². The number of nitrogens with zero attached hydrogens (tertiary/aromatic N) is 7. The van der Waals surface area contributed by atoms with Crippen LogP contribution in [0.15, 0.2) is 49.2 Å². The van der Waals surface area contributed by atoms with Gasteiger partial charge in [0.25, 0.3) is 10.0 Å². The first-order valence-corrected chi connectivity index (χ1v) is 13.2. The molecule has 1 unspecified atom stereocenters. The van der Waals surface area contributed by atoms with Gasteiger partial charge >= 0.3 is 6.55 Å². The Morgan fingerprint density at radius 2 is 1.97 bits per heavy atom. The van der Waals surface area contributed by atoms with Gasteiger partial charge in [0.1, 0.15) is 11.6 Å². The molecule has 0 saturated heterocycles. The summed E-state index contributed by atoms with van der Waals surface area (Å²) in [5.74, 6) is 1.19. The minimum atomic E-state index is -3.49. The fourth-order valence-corrected chi connectivity index (χ4v) is 5.06. The van der Waals surface area contributed by atoms with Crippen LogP contribution in [0.5, 0.6) is 0 Å². The van der Waals surface area contributed by atoms with Crippen molar-refractivity contribution in [3.8, 4) is 22.6 Å². The molecule has 194 valence electrons. The molecule has 1 atom stereocenters. The summed E-state index contributed by atoms with van der Waals surface area (Å²) in [4.78, 5) is 13.1. The molecule has 5 rings (SSSR count). The summed E-state index contributed by atoms with van der Waals surface area (Å²) in [7, 11) is -3.49. The lowest BCUT2D eigenvalue weighted by molar-refractivity contribution is 0.0568. The summed E-state index contributed by atoms with van der Waals surface area (Å²) in [5, 5.41) is 14.1. The minimum absolute atomic E-state index is 0.111. The smallest absolute Gasteiger partial charge is 0.333 e. The highest BCUT2D eigenvalue weighted by Gasteiger charge is 2.37. The summed E-state index contributed by atoms with van der Waals surface area (Å²) in [5.41, 5.74) is 2.09. The monoisotopic (exact) mass is 529 g/mol. The van der Waals surface area contributed by atoms with Crippen molar-refractivity contribution in [2.45, 2.75) is 51.0 Å². The van der Waals surface area contributed by atoms with Crippen molar-refractivity contribution in [2.75, 3.05) is 10.6 Å². The lowest BCUT2D eigenvalue weighted by Gasteiger charge is -2.17. The molecule has 0 radical (unpaired) electrons. The van der Waals surface area contributed by atoms with Gasteiger partial charge < -0.3 is 10.6 Å². The predicted octanol–water partition coefficient (Wildman–Crippen LogP) is 4.29. The Morgan fingerprint density at radius 3 is 2.68 bits per heavy atom. The van der Waals surface area contributed by atoms with Gasteiger partial charge in [-0.1, -0.05) is 6.92 Å². The molecule has 4 aromatic rings. The van der Waals surface area contributed by atoms with Crippen molar-refractivity contribution in [1.82, 2.24) is 33.9 Å². The Balaban J connectivity index is 1.41. The van der Waals surface area contributed by atoms with E-state index in [1.165, 1.54) is 24.7 Å². The van der Waals surface area contributed by atoms with Crippen LogP contribution in [0.3, 0.4) is 0 Å². The van der Waals surface area contributed by atoms with Gasteiger partial charge in [0.2, 0.25) is 0 Å². The molecule has 1 aliphatic carbocycles. The maximum absolute atomic E-state index is 13.0. The Kier molecular flexibility index (Phi) is 6.58. The Morgan fingerprint density at radius 1 is 1.16 bits per heavy atom. The number of hydrogen-bond donors (Lipinski definition) is 2. The predicted molar refractivity (Wildman–Crippen MR) is 134 cm³/mol. The molecule has 1 aliphatic rings. The molecular weight excluding hydrogens is 504 g/mol. The molecule has 37 heavy (non-hydrogen) atoms. The number of anilines is 3. The van der Waals surface area contributed by atoms with E-state index in [4.69, 9.17) is 0 Å². The molecule has 0 bridgehead atoms. The summed E-state index contributed by atoms with van der Waals surface area (Å²) in [6, 6.07) is 5.03. The largest absolute Gasteiger partial charge is 0.382 e. The number of alkyl halides is 2. The van der Waals surface area contributed by atoms with Crippen molar-refractivity contribution in [2.24, 2.45) is 0 Å². The van der Waals surface area contributed by atoms with Crippen LogP contribution in [0.1, 0.15) is 39.7 Å². The lowest BCUT2D eigenvalue weighted by atomic mass is 10.1. The molecule has 1 saturated carbocycles. The number of hydrogen-bond acceptors (Lipinski definition) is 9. The highest BCUT2D eigenvalue weighted by molar-refractivity contribution is 7.90. The third-order valence-corrected chi connectivity index (χ3v) is 7.97. The fraction of sp³-hybridized carbons (Fsp3) is 0.348. The Labute approximate surface area is 212 Å². The van der Waals surface area contributed by atoms with Crippen LogP contribution in [0.25, 0.3) is 22.6 Å². The molecule has 2 N–H and O–H groups in total. The minimum Gasteiger partial charge on any atom is -0.382 e. The second kappa shape index (κ2) is 9.84. The molecule has 0 aliphatic heterocycles. The molecular formula is C23H25F2N9O2S. The first-order chi connectivity index (χ1) is 17.7. The molecule has 4 aromatic heterocycles. The highest BCUT2D eigenvalue weighted by atomic mass is 32.2. The zero-order valence-corrected chi connectivity index (χ0v) is 20.9. The second-order valence-corrected chi connectivity index (χ2v) is 10.8. The molecule has 0 spiro atoms. The Bertz CT molecular complexity index is 1520. The third-order valence-electron chi connectivity index (χ3n) is 5.94. The summed E-state index contributed by atoms with van der Waals surface area (Å²) in [6.07, 6.45) is 9.27. The van der Waals surface area contributed by atoms with E-state index in [1.54, 1.807) is 24.5 Å². The van der Waals surface area contributed by atoms with Crippen molar-refractivity contribution in [3.05, 3.63) is 49.2 Å². The molecule has 14 heteroatoms.